The molecule has 0 unspecified atom stereocenters. The summed E-state index contributed by atoms with van der Waals surface area (Å²) >= 11 is 0. The lowest BCUT2D eigenvalue weighted by atomic mass is 9.43. The quantitative estimate of drug-likeness (QED) is 0.172. The second kappa shape index (κ2) is 12.2. The second-order valence-electron chi connectivity index (χ2n) is 21.3. The van der Waals surface area contributed by atoms with Crippen LogP contribution in [0.2, 0.25) is 0 Å². The van der Waals surface area contributed by atoms with Crippen molar-refractivity contribution in [1.82, 2.24) is 0 Å². The monoisotopic (exact) mass is 787 g/mol. The second-order valence-corrected chi connectivity index (χ2v) is 21.3. The largest absolute Gasteiger partial charge is 0.310 e. The number of hydrogen-bond acceptors (Lipinski definition) is 1. The fraction of sp³-hybridized carbons (Fsp3) is 0.333. The Morgan fingerprint density at radius 2 is 0.787 bits per heavy atom. The minimum Gasteiger partial charge on any atom is -0.310 e. The Morgan fingerprint density at radius 3 is 1.44 bits per heavy atom. The predicted molar refractivity (Wildman–Crippen MR) is 251 cm³/mol. The number of nitrogens with zero attached hydrogens (tertiary/aromatic N) is 1. The molecule has 7 aromatic rings. The number of fused-ring (bicyclic) bond motifs is 7. The van der Waals surface area contributed by atoms with Crippen molar-refractivity contribution >= 4 is 27.8 Å². The molecule has 0 radical (unpaired) electrons. The van der Waals surface area contributed by atoms with Crippen molar-refractivity contribution in [3.05, 3.63) is 174 Å². The van der Waals surface area contributed by atoms with Crippen molar-refractivity contribution in [3.63, 3.8) is 0 Å². The summed E-state index contributed by atoms with van der Waals surface area (Å²) in [5, 5.41) is 2.60. The third kappa shape index (κ3) is 4.39. The fourth-order valence-electron chi connectivity index (χ4n) is 17.3. The first-order valence-electron chi connectivity index (χ1n) is 24.0. The molecule has 298 valence electrons. The predicted octanol–water partition coefficient (Wildman–Crippen LogP) is 15.4. The molecule has 1 nitrogen and oxygen atoms in total. The Bertz CT molecular complexity index is 2900. The van der Waals surface area contributed by atoms with Crippen LogP contribution in [0.25, 0.3) is 44.2 Å². The van der Waals surface area contributed by atoms with Crippen molar-refractivity contribution in [2.24, 2.45) is 47.3 Å². The molecule has 10 aliphatic rings. The van der Waals surface area contributed by atoms with Gasteiger partial charge in [0.15, 0.2) is 0 Å². The maximum atomic E-state index is 2.69. The highest BCUT2D eigenvalue weighted by molar-refractivity contribution is 5.97. The van der Waals surface area contributed by atoms with Crippen LogP contribution in [0.15, 0.2) is 152 Å². The zero-order valence-corrected chi connectivity index (χ0v) is 35.1. The molecule has 8 fully saturated rings. The summed E-state index contributed by atoms with van der Waals surface area (Å²) in [6.45, 7) is 0. The van der Waals surface area contributed by atoms with Gasteiger partial charge in [-0.2, -0.15) is 0 Å². The Balaban J connectivity index is 0.924. The van der Waals surface area contributed by atoms with Gasteiger partial charge in [-0.25, -0.2) is 0 Å². The third-order valence-corrected chi connectivity index (χ3v) is 18.8. The van der Waals surface area contributed by atoms with Crippen molar-refractivity contribution in [1.29, 1.82) is 0 Å². The SMILES string of the molecule is c1ccc2c(c1)-c1cc(N(c3ccc(-c4cccc5ccccc45)cc3)c3ccc4c(c3)C3(c5ccccc5-4)C4CC5CC(C4)CC3C5)ccc1C21C2CC3CC(C2)CC1C3. The van der Waals surface area contributed by atoms with Crippen LogP contribution in [-0.4, -0.2) is 0 Å². The number of benzene rings is 7. The van der Waals surface area contributed by atoms with Crippen molar-refractivity contribution < 1.29 is 0 Å². The summed E-state index contributed by atoms with van der Waals surface area (Å²) in [6.07, 6.45) is 14.2. The first-order valence-corrected chi connectivity index (χ1v) is 24.0. The van der Waals surface area contributed by atoms with Gasteiger partial charge in [0.1, 0.15) is 0 Å². The minimum absolute atomic E-state index is 0.127. The molecule has 0 atom stereocenters. The molecule has 0 N–H and O–H groups in total. The van der Waals surface area contributed by atoms with E-state index in [1.165, 1.54) is 125 Å². The summed E-state index contributed by atoms with van der Waals surface area (Å²) in [5.41, 5.74) is 19.2. The maximum absolute atomic E-state index is 2.69. The lowest BCUT2D eigenvalue weighted by Gasteiger charge is -2.61. The lowest BCUT2D eigenvalue weighted by molar-refractivity contribution is -0.0399. The smallest absolute Gasteiger partial charge is 0.0468 e. The number of rotatable bonds is 4. The van der Waals surface area contributed by atoms with Gasteiger partial charge in [-0.1, -0.05) is 115 Å². The highest BCUT2D eigenvalue weighted by Gasteiger charge is 2.63. The van der Waals surface area contributed by atoms with Gasteiger partial charge in [0, 0.05) is 27.9 Å². The molecule has 2 spiro atoms. The summed E-state index contributed by atoms with van der Waals surface area (Å²) in [6, 6.07) is 59.8. The molecule has 0 amide bonds. The van der Waals surface area contributed by atoms with E-state index >= 15 is 0 Å². The zero-order valence-electron chi connectivity index (χ0n) is 35.1. The van der Waals surface area contributed by atoms with Crippen LogP contribution < -0.4 is 4.90 Å². The van der Waals surface area contributed by atoms with Gasteiger partial charge >= 0.3 is 0 Å². The van der Waals surface area contributed by atoms with E-state index in [4.69, 9.17) is 0 Å². The van der Waals surface area contributed by atoms with Crippen LogP contribution in [0.3, 0.4) is 0 Å². The molecule has 0 aliphatic heterocycles. The van der Waals surface area contributed by atoms with Crippen LogP contribution in [-0.2, 0) is 10.8 Å². The van der Waals surface area contributed by atoms with Gasteiger partial charge in [0.25, 0.3) is 0 Å². The average Bonchev–Trinajstić information content (AvgIpc) is 3.75. The standard InChI is InChI=1S/C60H53N/c1-2-10-49-40(8-1)9-7-13-50(49)41-16-18-46(19-17-41)61(47-21-23-57-54(34-47)52-12-4-6-15-56(52)59(57)42-26-36-24-37(28-42)29-43(59)27-36)48-20-22-53-51-11-3-5-14-55(51)60(58(53)35-48)44-30-38-25-39(32-44)33-45(60)31-38/h1-23,34-39,42-45H,24-33H2. The van der Waals surface area contributed by atoms with E-state index in [0.29, 0.717) is 0 Å². The molecule has 17 rings (SSSR count). The first kappa shape index (κ1) is 34.2. The number of anilines is 3. The Morgan fingerprint density at radius 1 is 0.328 bits per heavy atom. The molecule has 0 aromatic heterocycles. The molecule has 10 aliphatic carbocycles. The highest BCUT2D eigenvalue weighted by atomic mass is 15.1. The fourth-order valence-corrected chi connectivity index (χ4v) is 17.3. The van der Waals surface area contributed by atoms with Gasteiger partial charge in [-0.15, -0.1) is 0 Å². The van der Waals surface area contributed by atoms with E-state index in [-0.39, 0.29) is 10.8 Å². The van der Waals surface area contributed by atoms with E-state index in [1.807, 2.05) is 0 Å². The van der Waals surface area contributed by atoms with E-state index in [0.717, 1.165) is 47.3 Å². The van der Waals surface area contributed by atoms with Gasteiger partial charge < -0.3 is 4.90 Å². The number of hydrogen-bond donors (Lipinski definition) is 0. The van der Waals surface area contributed by atoms with Crippen molar-refractivity contribution in [2.45, 2.75) is 75.0 Å². The minimum atomic E-state index is 0.127. The molecule has 0 heterocycles. The molecular weight excluding hydrogens is 735 g/mol. The molecular formula is C60H53N. The normalized spacial score (nSPS) is 32.4. The van der Waals surface area contributed by atoms with Gasteiger partial charge in [0.2, 0.25) is 0 Å². The molecule has 8 bridgehead atoms. The Hall–Kier alpha value is -5.40. The Kier molecular flexibility index (Phi) is 6.82. The summed E-state index contributed by atoms with van der Waals surface area (Å²) in [7, 11) is 0. The van der Waals surface area contributed by atoms with Gasteiger partial charge in [-0.3, -0.25) is 0 Å². The van der Waals surface area contributed by atoms with E-state index < -0.39 is 0 Å². The molecule has 1 heteroatoms. The van der Waals surface area contributed by atoms with Crippen molar-refractivity contribution in [3.8, 4) is 33.4 Å². The molecule has 0 saturated heterocycles. The first-order chi connectivity index (χ1) is 30.1. The summed E-state index contributed by atoms with van der Waals surface area (Å²) in [5.74, 6) is 6.76. The van der Waals surface area contributed by atoms with Crippen molar-refractivity contribution in [2.75, 3.05) is 4.90 Å². The summed E-state index contributed by atoms with van der Waals surface area (Å²) in [4.78, 5) is 2.63. The lowest BCUT2D eigenvalue weighted by Crippen LogP contribution is -2.55. The van der Waals surface area contributed by atoms with E-state index in [1.54, 1.807) is 22.3 Å². The van der Waals surface area contributed by atoms with E-state index in [9.17, 15) is 0 Å². The zero-order chi connectivity index (χ0) is 39.6. The highest BCUT2D eigenvalue weighted by Crippen LogP contribution is 2.71. The third-order valence-electron chi connectivity index (χ3n) is 18.8. The van der Waals surface area contributed by atoms with Crippen LogP contribution in [0.1, 0.15) is 86.5 Å². The van der Waals surface area contributed by atoms with E-state index in [2.05, 4.69) is 157 Å². The Labute approximate surface area is 360 Å². The topological polar surface area (TPSA) is 3.24 Å². The van der Waals surface area contributed by atoms with Gasteiger partial charge in [-0.05, 0) is 214 Å². The van der Waals surface area contributed by atoms with Crippen LogP contribution in [0, 0.1) is 47.3 Å². The maximum Gasteiger partial charge on any atom is 0.0468 e. The molecule has 61 heavy (non-hydrogen) atoms. The van der Waals surface area contributed by atoms with Crippen LogP contribution in [0.5, 0.6) is 0 Å². The molecule has 8 saturated carbocycles. The van der Waals surface area contributed by atoms with Crippen LogP contribution >= 0.6 is 0 Å². The average molecular weight is 788 g/mol. The summed E-state index contributed by atoms with van der Waals surface area (Å²) < 4.78 is 0. The van der Waals surface area contributed by atoms with Crippen LogP contribution in [0.4, 0.5) is 17.1 Å². The van der Waals surface area contributed by atoms with Gasteiger partial charge in [0.05, 0.1) is 0 Å². The molecule has 7 aromatic carbocycles.